The third-order valence-corrected chi connectivity index (χ3v) is 4.58. The summed E-state index contributed by atoms with van der Waals surface area (Å²) < 4.78 is 2.88. The normalized spacial score (nSPS) is 11.6. The second-order valence-corrected chi connectivity index (χ2v) is 6.37. The lowest BCUT2D eigenvalue weighted by Gasteiger charge is -2.03. The first-order valence-corrected chi connectivity index (χ1v) is 8.83. The van der Waals surface area contributed by atoms with Crippen LogP contribution in [-0.4, -0.2) is 25.7 Å². The standard InChI is InChI=1S/C22H15N5O/c28-22-20-14-25-27(19-8-2-1-3-9-19)21(20)23-15-26(22)24-13-16-10-11-17-6-4-5-7-18(17)12-16/h1-15H/b24-13-. The molecule has 0 aliphatic carbocycles. The van der Waals surface area contributed by atoms with E-state index in [2.05, 4.69) is 21.3 Å². The Balaban J connectivity index is 1.53. The number of hydrogen-bond donors (Lipinski definition) is 0. The van der Waals surface area contributed by atoms with Crippen LogP contribution in [0.3, 0.4) is 0 Å². The molecule has 134 valence electrons. The summed E-state index contributed by atoms with van der Waals surface area (Å²) in [5, 5.41) is 11.3. The quantitative estimate of drug-likeness (QED) is 0.459. The van der Waals surface area contributed by atoms with Crippen LogP contribution in [0.2, 0.25) is 0 Å². The summed E-state index contributed by atoms with van der Waals surface area (Å²) in [5.74, 6) is 0. The summed E-state index contributed by atoms with van der Waals surface area (Å²) >= 11 is 0. The zero-order valence-electron chi connectivity index (χ0n) is 14.8. The number of para-hydroxylation sites is 1. The van der Waals surface area contributed by atoms with Gasteiger partial charge < -0.3 is 0 Å². The van der Waals surface area contributed by atoms with Crippen molar-refractivity contribution in [1.29, 1.82) is 0 Å². The fourth-order valence-corrected chi connectivity index (χ4v) is 3.16. The zero-order valence-corrected chi connectivity index (χ0v) is 14.8. The maximum Gasteiger partial charge on any atom is 0.285 e. The van der Waals surface area contributed by atoms with Crippen molar-refractivity contribution in [3.8, 4) is 5.69 Å². The molecular formula is C22H15N5O. The van der Waals surface area contributed by atoms with E-state index in [1.807, 2.05) is 66.7 Å². The Bertz CT molecular complexity index is 1380. The van der Waals surface area contributed by atoms with Gasteiger partial charge in [-0.1, -0.05) is 54.6 Å². The fourth-order valence-electron chi connectivity index (χ4n) is 3.16. The van der Waals surface area contributed by atoms with Gasteiger partial charge in [-0.3, -0.25) is 4.79 Å². The van der Waals surface area contributed by atoms with E-state index in [0.29, 0.717) is 11.0 Å². The summed E-state index contributed by atoms with van der Waals surface area (Å²) in [4.78, 5) is 17.2. The van der Waals surface area contributed by atoms with Crippen molar-refractivity contribution in [3.63, 3.8) is 0 Å². The van der Waals surface area contributed by atoms with Crippen LogP contribution in [0.25, 0.3) is 27.5 Å². The number of nitrogens with zero attached hydrogens (tertiary/aromatic N) is 5. The van der Waals surface area contributed by atoms with Gasteiger partial charge in [0.05, 0.1) is 18.1 Å². The Hall–Kier alpha value is -4.06. The van der Waals surface area contributed by atoms with Crippen LogP contribution >= 0.6 is 0 Å². The van der Waals surface area contributed by atoms with Crippen LogP contribution < -0.4 is 5.56 Å². The molecule has 2 aromatic heterocycles. The Kier molecular flexibility index (Phi) is 3.80. The van der Waals surface area contributed by atoms with Crippen LogP contribution in [0.15, 0.2) is 95.2 Å². The molecule has 0 bridgehead atoms. The van der Waals surface area contributed by atoms with Crippen LogP contribution in [-0.2, 0) is 0 Å². The van der Waals surface area contributed by atoms with E-state index in [0.717, 1.165) is 22.0 Å². The van der Waals surface area contributed by atoms with Gasteiger partial charge in [0.1, 0.15) is 11.7 Å². The molecule has 6 nitrogen and oxygen atoms in total. The van der Waals surface area contributed by atoms with E-state index < -0.39 is 0 Å². The van der Waals surface area contributed by atoms with Crippen LogP contribution in [0.1, 0.15) is 5.56 Å². The van der Waals surface area contributed by atoms with Crippen molar-refractivity contribution in [2.24, 2.45) is 5.10 Å². The van der Waals surface area contributed by atoms with Gasteiger partial charge in [-0.25, -0.2) is 9.67 Å². The van der Waals surface area contributed by atoms with E-state index in [4.69, 9.17) is 0 Å². The molecule has 0 amide bonds. The fraction of sp³-hybridized carbons (Fsp3) is 0. The summed E-state index contributed by atoms with van der Waals surface area (Å²) in [7, 11) is 0. The first-order valence-electron chi connectivity index (χ1n) is 8.83. The summed E-state index contributed by atoms with van der Waals surface area (Å²) in [6.45, 7) is 0. The van der Waals surface area contributed by atoms with Gasteiger partial charge in [0.25, 0.3) is 5.56 Å². The molecule has 0 saturated heterocycles. The molecule has 0 radical (unpaired) electrons. The molecule has 0 atom stereocenters. The highest BCUT2D eigenvalue weighted by molar-refractivity contribution is 5.90. The number of hydrogen-bond acceptors (Lipinski definition) is 4. The lowest BCUT2D eigenvalue weighted by atomic mass is 10.1. The Morgan fingerprint density at radius 1 is 0.893 bits per heavy atom. The summed E-state index contributed by atoms with van der Waals surface area (Å²) in [5.41, 5.74) is 2.00. The van der Waals surface area contributed by atoms with Crippen molar-refractivity contribution in [2.75, 3.05) is 0 Å². The maximum atomic E-state index is 12.8. The summed E-state index contributed by atoms with van der Waals surface area (Å²) in [6.07, 6.45) is 4.60. The average Bonchev–Trinajstić information content (AvgIpc) is 3.19. The zero-order chi connectivity index (χ0) is 18.9. The highest BCUT2D eigenvalue weighted by Gasteiger charge is 2.10. The van der Waals surface area contributed by atoms with Crippen molar-refractivity contribution in [3.05, 3.63) is 101 Å². The van der Waals surface area contributed by atoms with Gasteiger partial charge in [-0.15, -0.1) is 0 Å². The van der Waals surface area contributed by atoms with Gasteiger partial charge in [-0.05, 0) is 34.5 Å². The topological polar surface area (TPSA) is 65.1 Å². The van der Waals surface area contributed by atoms with Gasteiger partial charge in [0.15, 0.2) is 5.65 Å². The molecule has 5 aromatic rings. The number of benzene rings is 3. The molecule has 6 heteroatoms. The molecule has 0 N–H and O–H groups in total. The second-order valence-electron chi connectivity index (χ2n) is 6.37. The van der Waals surface area contributed by atoms with Gasteiger partial charge >= 0.3 is 0 Å². The van der Waals surface area contributed by atoms with Crippen LogP contribution in [0, 0.1) is 0 Å². The Labute approximate surface area is 160 Å². The van der Waals surface area contributed by atoms with E-state index in [-0.39, 0.29) is 5.56 Å². The predicted octanol–water partition coefficient (Wildman–Crippen LogP) is 3.62. The molecule has 0 fully saturated rings. The van der Waals surface area contributed by atoms with Crippen LogP contribution in [0.5, 0.6) is 0 Å². The van der Waals surface area contributed by atoms with Crippen molar-refractivity contribution in [1.82, 2.24) is 19.4 Å². The maximum absolute atomic E-state index is 12.8. The highest BCUT2D eigenvalue weighted by Crippen LogP contribution is 2.15. The van der Waals surface area contributed by atoms with Crippen molar-refractivity contribution >= 4 is 28.0 Å². The number of rotatable bonds is 3. The predicted molar refractivity (Wildman–Crippen MR) is 110 cm³/mol. The third-order valence-electron chi connectivity index (χ3n) is 4.58. The smallest absolute Gasteiger partial charge is 0.266 e. The molecule has 0 spiro atoms. The molecule has 0 aliphatic rings. The minimum absolute atomic E-state index is 0.260. The first-order chi connectivity index (χ1) is 13.8. The molecule has 0 unspecified atom stereocenters. The molecule has 28 heavy (non-hydrogen) atoms. The summed E-state index contributed by atoms with van der Waals surface area (Å²) in [6, 6.07) is 23.7. The molecular weight excluding hydrogens is 350 g/mol. The Morgan fingerprint density at radius 2 is 1.68 bits per heavy atom. The molecule has 3 aromatic carbocycles. The number of fused-ring (bicyclic) bond motifs is 2. The lowest BCUT2D eigenvalue weighted by Crippen LogP contribution is -2.17. The average molecular weight is 365 g/mol. The SMILES string of the molecule is O=c1c2cnn(-c3ccccc3)c2ncn1/N=C\c1ccc2ccccc2c1. The second kappa shape index (κ2) is 6.59. The van der Waals surface area contributed by atoms with E-state index >= 15 is 0 Å². The van der Waals surface area contributed by atoms with E-state index in [9.17, 15) is 4.79 Å². The van der Waals surface area contributed by atoms with Crippen molar-refractivity contribution in [2.45, 2.75) is 0 Å². The first kappa shape index (κ1) is 16.1. The minimum atomic E-state index is -0.260. The van der Waals surface area contributed by atoms with Crippen molar-refractivity contribution < 1.29 is 0 Å². The third kappa shape index (κ3) is 2.77. The van der Waals surface area contributed by atoms with Gasteiger partial charge in [0.2, 0.25) is 0 Å². The van der Waals surface area contributed by atoms with E-state index in [1.165, 1.54) is 17.2 Å². The molecule has 5 rings (SSSR count). The van der Waals surface area contributed by atoms with Gasteiger partial charge in [0, 0.05) is 0 Å². The molecule has 0 saturated carbocycles. The largest absolute Gasteiger partial charge is 0.285 e. The monoisotopic (exact) mass is 365 g/mol. The van der Waals surface area contributed by atoms with E-state index in [1.54, 1.807) is 10.9 Å². The minimum Gasteiger partial charge on any atom is -0.266 e. The highest BCUT2D eigenvalue weighted by atomic mass is 16.1. The van der Waals surface area contributed by atoms with Crippen LogP contribution in [0.4, 0.5) is 0 Å². The van der Waals surface area contributed by atoms with Gasteiger partial charge in [-0.2, -0.15) is 14.9 Å². The number of aromatic nitrogens is 4. The Morgan fingerprint density at radius 3 is 2.54 bits per heavy atom. The molecule has 0 aliphatic heterocycles. The lowest BCUT2D eigenvalue weighted by molar-refractivity contribution is 0.809. The molecule has 2 heterocycles.